The van der Waals surface area contributed by atoms with Crippen molar-refractivity contribution >= 4 is 17.3 Å². The molecule has 2 aromatic rings. The molecule has 0 unspecified atom stereocenters. The van der Waals surface area contributed by atoms with E-state index >= 15 is 0 Å². The largest absolute Gasteiger partial charge is 0.487 e. The first-order valence-corrected chi connectivity index (χ1v) is 6.64. The zero-order valence-electron chi connectivity index (χ0n) is 11.1. The van der Waals surface area contributed by atoms with Crippen molar-refractivity contribution in [3.63, 3.8) is 0 Å². The van der Waals surface area contributed by atoms with E-state index in [0.29, 0.717) is 6.61 Å². The number of anilines is 1. The quantitative estimate of drug-likeness (QED) is 0.894. The highest BCUT2D eigenvalue weighted by atomic mass is 35.5. The summed E-state index contributed by atoms with van der Waals surface area (Å²) in [7, 11) is 0. The average molecular weight is 277 g/mol. The van der Waals surface area contributed by atoms with E-state index in [1.807, 2.05) is 37.3 Å². The summed E-state index contributed by atoms with van der Waals surface area (Å²) in [6.45, 7) is 5.35. The van der Waals surface area contributed by atoms with Crippen molar-refractivity contribution in [1.29, 1.82) is 0 Å². The summed E-state index contributed by atoms with van der Waals surface area (Å²) in [6, 6.07) is 9.57. The minimum absolute atomic E-state index is 0.445. The first-order valence-electron chi connectivity index (χ1n) is 6.27. The smallest absolute Gasteiger partial charge is 0.130 e. The van der Waals surface area contributed by atoms with E-state index in [-0.39, 0.29) is 0 Å². The molecule has 4 heteroatoms. The number of aromatic nitrogens is 1. The number of rotatable bonds is 5. The van der Waals surface area contributed by atoms with Gasteiger partial charge in [-0.05, 0) is 49.7 Å². The lowest BCUT2D eigenvalue weighted by Gasteiger charge is -2.09. The lowest BCUT2D eigenvalue weighted by Crippen LogP contribution is -2.01. The molecule has 19 heavy (non-hydrogen) atoms. The molecule has 1 heterocycles. The molecule has 1 N–H and O–H groups in total. The topological polar surface area (TPSA) is 34.2 Å². The van der Waals surface area contributed by atoms with Crippen LogP contribution in [-0.4, -0.2) is 11.5 Å². The number of benzene rings is 1. The summed E-state index contributed by atoms with van der Waals surface area (Å²) in [4.78, 5) is 4.29. The van der Waals surface area contributed by atoms with Gasteiger partial charge in [-0.2, -0.15) is 0 Å². The fraction of sp³-hybridized carbons (Fsp3) is 0.267. The van der Waals surface area contributed by atoms with Crippen LogP contribution in [0.15, 0.2) is 36.5 Å². The Labute approximate surface area is 118 Å². The van der Waals surface area contributed by atoms with Crippen LogP contribution in [0.2, 0.25) is 5.02 Å². The Morgan fingerprint density at radius 3 is 2.84 bits per heavy atom. The SMILES string of the molecule is CCNc1ccnc(COc2ccc(Cl)c(C)c2)c1. The van der Waals surface area contributed by atoms with Crippen LogP contribution < -0.4 is 10.1 Å². The van der Waals surface area contributed by atoms with Gasteiger partial charge < -0.3 is 10.1 Å². The molecule has 0 radical (unpaired) electrons. The summed E-state index contributed by atoms with van der Waals surface area (Å²) >= 11 is 5.98. The van der Waals surface area contributed by atoms with E-state index in [0.717, 1.165) is 34.3 Å². The van der Waals surface area contributed by atoms with Gasteiger partial charge in [-0.1, -0.05) is 11.6 Å². The highest BCUT2D eigenvalue weighted by molar-refractivity contribution is 6.31. The van der Waals surface area contributed by atoms with Crippen molar-refractivity contribution in [2.24, 2.45) is 0 Å². The molecule has 0 aliphatic carbocycles. The Morgan fingerprint density at radius 2 is 2.11 bits per heavy atom. The third-order valence-corrected chi connectivity index (χ3v) is 3.14. The van der Waals surface area contributed by atoms with Gasteiger partial charge in [0.15, 0.2) is 0 Å². The average Bonchev–Trinajstić information content (AvgIpc) is 2.41. The predicted octanol–water partition coefficient (Wildman–Crippen LogP) is 4.05. The van der Waals surface area contributed by atoms with Crippen LogP contribution in [0, 0.1) is 6.92 Å². The molecule has 0 saturated heterocycles. The Kier molecular flexibility index (Phi) is 4.63. The van der Waals surface area contributed by atoms with E-state index in [2.05, 4.69) is 17.2 Å². The zero-order chi connectivity index (χ0) is 13.7. The van der Waals surface area contributed by atoms with Gasteiger partial charge in [0.2, 0.25) is 0 Å². The first-order chi connectivity index (χ1) is 9.19. The fourth-order valence-corrected chi connectivity index (χ4v) is 1.85. The molecule has 2 rings (SSSR count). The number of halogens is 1. The first kappa shape index (κ1) is 13.7. The second kappa shape index (κ2) is 6.43. The summed E-state index contributed by atoms with van der Waals surface area (Å²) < 4.78 is 5.71. The number of nitrogens with zero attached hydrogens (tertiary/aromatic N) is 1. The van der Waals surface area contributed by atoms with Gasteiger partial charge in [0, 0.05) is 23.5 Å². The Bertz CT molecular complexity index is 558. The summed E-state index contributed by atoms with van der Waals surface area (Å²) in [5, 5.41) is 4.00. The number of pyridine rings is 1. The summed E-state index contributed by atoms with van der Waals surface area (Å²) in [5.41, 5.74) is 2.96. The van der Waals surface area contributed by atoms with Crippen molar-refractivity contribution in [2.75, 3.05) is 11.9 Å². The third-order valence-electron chi connectivity index (χ3n) is 2.71. The molecule has 1 aromatic heterocycles. The fourth-order valence-electron chi connectivity index (χ4n) is 1.74. The van der Waals surface area contributed by atoms with Crippen LogP contribution in [-0.2, 0) is 6.61 Å². The lowest BCUT2D eigenvalue weighted by atomic mass is 10.2. The van der Waals surface area contributed by atoms with Gasteiger partial charge in [0.05, 0.1) is 5.69 Å². The van der Waals surface area contributed by atoms with Crippen molar-refractivity contribution in [3.8, 4) is 5.75 Å². The normalized spacial score (nSPS) is 10.3. The van der Waals surface area contributed by atoms with Gasteiger partial charge >= 0.3 is 0 Å². The molecule has 0 bridgehead atoms. The Hall–Kier alpha value is -1.74. The Balaban J connectivity index is 2.01. The van der Waals surface area contributed by atoms with E-state index in [9.17, 15) is 0 Å². The van der Waals surface area contributed by atoms with E-state index < -0.39 is 0 Å². The zero-order valence-corrected chi connectivity index (χ0v) is 11.9. The van der Waals surface area contributed by atoms with Gasteiger partial charge in [-0.25, -0.2) is 0 Å². The van der Waals surface area contributed by atoms with E-state index in [4.69, 9.17) is 16.3 Å². The molecule has 100 valence electrons. The van der Waals surface area contributed by atoms with Crippen molar-refractivity contribution in [3.05, 3.63) is 52.8 Å². The standard InChI is InChI=1S/C15H17ClN2O/c1-3-17-12-6-7-18-13(9-12)10-19-14-4-5-15(16)11(2)8-14/h4-9H,3,10H2,1-2H3,(H,17,18). The van der Waals surface area contributed by atoms with Crippen LogP contribution >= 0.6 is 11.6 Å². The van der Waals surface area contributed by atoms with Crippen LogP contribution in [0.4, 0.5) is 5.69 Å². The molecule has 0 amide bonds. The number of hydrogen-bond donors (Lipinski definition) is 1. The minimum atomic E-state index is 0.445. The van der Waals surface area contributed by atoms with Crippen LogP contribution in [0.1, 0.15) is 18.2 Å². The van der Waals surface area contributed by atoms with Gasteiger partial charge in [-0.3, -0.25) is 4.98 Å². The molecular formula is C15H17ClN2O. The van der Waals surface area contributed by atoms with Gasteiger partial charge in [0.1, 0.15) is 12.4 Å². The predicted molar refractivity (Wildman–Crippen MR) is 78.9 cm³/mol. The Morgan fingerprint density at radius 1 is 1.26 bits per heavy atom. The molecule has 1 aromatic carbocycles. The molecule has 0 fully saturated rings. The van der Waals surface area contributed by atoms with Gasteiger partial charge in [-0.15, -0.1) is 0 Å². The van der Waals surface area contributed by atoms with Crippen molar-refractivity contribution < 1.29 is 4.74 Å². The molecule has 0 aliphatic heterocycles. The minimum Gasteiger partial charge on any atom is -0.487 e. The molecule has 3 nitrogen and oxygen atoms in total. The third kappa shape index (κ3) is 3.86. The van der Waals surface area contributed by atoms with Gasteiger partial charge in [0.25, 0.3) is 0 Å². The molecule has 0 atom stereocenters. The number of hydrogen-bond acceptors (Lipinski definition) is 3. The lowest BCUT2D eigenvalue weighted by molar-refractivity contribution is 0.301. The van der Waals surface area contributed by atoms with Crippen LogP contribution in [0.3, 0.4) is 0 Å². The molecular weight excluding hydrogens is 260 g/mol. The highest BCUT2D eigenvalue weighted by Crippen LogP contribution is 2.21. The second-order valence-corrected chi connectivity index (χ2v) is 4.67. The highest BCUT2D eigenvalue weighted by Gasteiger charge is 2.01. The number of ether oxygens (including phenoxy) is 1. The maximum absolute atomic E-state index is 5.98. The molecule has 0 spiro atoms. The number of aryl methyl sites for hydroxylation is 1. The maximum Gasteiger partial charge on any atom is 0.130 e. The maximum atomic E-state index is 5.98. The van der Waals surface area contributed by atoms with E-state index in [1.165, 1.54) is 0 Å². The summed E-state index contributed by atoms with van der Waals surface area (Å²) in [5.74, 6) is 0.803. The molecule has 0 aliphatic rings. The van der Waals surface area contributed by atoms with Crippen molar-refractivity contribution in [1.82, 2.24) is 4.98 Å². The van der Waals surface area contributed by atoms with Crippen molar-refractivity contribution in [2.45, 2.75) is 20.5 Å². The number of nitrogens with one attached hydrogen (secondary N) is 1. The van der Waals surface area contributed by atoms with Crippen LogP contribution in [0.5, 0.6) is 5.75 Å². The van der Waals surface area contributed by atoms with Crippen LogP contribution in [0.25, 0.3) is 0 Å². The molecule has 0 saturated carbocycles. The second-order valence-electron chi connectivity index (χ2n) is 4.27. The monoisotopic (exact) mass is 276 g/mol. The summed E-state index contributed by atoms with van der Waals surface area (Å²) in [6.07, 6.45) is 1.78. The van der Waals surface area contributed by atoms with E-state index in [1.54, 1.807) is 6.20 Å².